The lowest BCUT2D eigenvalue weighted by Crippen LogP contribution is -2.40. The van der Waals surface area contributed by atoms with E-state index in [2.05, 4.69) is 0 Å². The van der Waals surface area contributed by atoms with Gasteiger partial charge in [0.1, 0.15) is 5.75 Å². The van der Waals surface area contributed by atoms with Crippen molar-refractivity contribution in [1.29, 1.82) is 0 Å². The lowest BCUT2D eigenvalue weighted by Gasteiger charge is -2.30. The highest BCUT2D eigenvalue weighted by atomic mass is 35.5. The maximum atomic E-state index is 12.4. The zero-order valence-electron chi connectivity index (χ0n) is 11.8. The molecule has 0 radical (unpaired) electrons. The van der Waals surface area contributed by atoms with E-state index in [4.69, 9.17) is 21.4 Å². The third-order valence-corrected chi connectivity index (χ3v) is 3.91. The van der Waals surface area contributed by atoms with Crippen LogP contribution in [0.1, 0.15) is 30.1 Å². The highest BCUT2D eigenvalue weighted by Crippen LogP contribution is 2.27. The summed E-state index contributed by atoms with van der Waals surface area (Å²) in [5.74, 6) is -0.701. The lowest BCUT2D eigenvalue weighted by molar-refractivity contribution is -0.143. The Morgan fingerprint density at radius 3 is 2.57 bits per heavy atom. The van der Waals surface area contributed by atoms with Gasteiger partial charge in [0.25, 0.3) is 5.91 Å². The number of aliphatic carboxylic acids is 1. The van der Waals surface area contributed by atoms with Gasteiger partial charge in [0.05, 0.1) is 17.5 Å². The molecular formula is C15H18ClNO4. The SMILES string of the molecule is CCOc1ccc(C(=O)N2CCC(C(=O)O)CC2)cc1Cl. The first kappa shape index (κ1) is 15.6. The number of hydrogen-bond acceptors (Lipinski definition) is 3. The number of benzene rings is 1. The minimum atomic E-state index is -0.786. The number of halogens is 1. The van der Waals surface area contributed by atoms with Crippen LogP contribution in [0.2, 0.25) is 5.02 Å². The van der Waals surface area contributed by atoms with Crippen LogP contribution in [0.3, 0.4) is 0 Å². The summed E-state index contributed by atoms with van der Waals surface area (Å²) in [6.45, 7) is 3.29. The normalized spacial score (nSPS) is 15.8. The van der Waals surface area contributed by atoms with Gasteiger partial charge in [0.15, 0.2) is 0 Å². The van der Waals surface area contributed by atoms with Crippen molar-refractivity contribution >= 4 is 23.5 Å². The molecule has 1 aliphatic rings. The average molecular weight is 312 g/mol. The van der Waals surface area contributed by atoms with Crippen LogP contribution in [-0.4, -0.2) is 41.6 Å². The third-order valence-electron chi connectivity index (χ3n) is 3.61. The number of carbonyl (C=O) groups excluding carboxylic acids is 1. The van der Waals surface area contributed by atoms with E-state index in [9.17, 15) is 9.59 Å². The highest BCUT2D eigenvalue weighted by molar-refractivity contribution is 6.32. The van der Waals surface area contributed by atoms with E-state index in [1.165, 1.54) is 0 Å². The highest BCUT2D eigenvalue weighted by Gasteiger charge is 2.27. The smallest absolute Gasteiger partial charge is 0.306 e. The Morgan fingerprint density at radius 2 is 2.05 bits per heavy atom. The van der Waals surface area contributed by atoms with Crippen molar-refractivity contribution in [3.8, 4) is 5.75 Å². The van der Waals surface area contributed by atoms with E-state index in [1.54, 1.807) is 23.1 Å². The molecular weight excluding hydrogens is 294 g/mol. The Morgan fingerprint density at radius 1 is 1.38 bits per heavy atom. The van der Waals surface area contributed by atoms with Gasteiger partial charge in [-0.05, 0) is 38.0 Å². The second kappa shape index (κ2) is 6.80. The first-order chi connectivity index (χ1) is 10.0. The molecule has 5 nitrogen and oxygen atoms in total. The van der Waals surface area contributed by atoms with Crippen LogP contribution in [-0.2, 0) is 4.79 Å². The van der Waals surface area contributed by atoms with Crippen molar-refractivity contribution in [2.24, 2.45) is 5.92 Å². The van der Waals surface area contributed by atoms with Crippen molar-refractivity contribution in [2.75, 3.05) is 19.7 Å². The Hall–Kier alpha value is -1.75. The van der Waals surface area contributed by atoms with Gasteiger partial charge in [-0.2, -0.15) is 0 Å². The largest absolute Gasteiger partial charge is 0.492 e. The number of carbonyl (C=O) groups is 2. The molecule has 1 aromatic rings. The van der Waals surface area contributed by atoms with Gasteiger partial charge in [-0.25, -0.2) is 0 Å². The Bertz CT molecular complexity index is 538. The summed E-state index contributed by atoms with van der Waals surface area (Å²) in [4.78, 5) is 25.0. The van der Waals surface area contributed by atoms with E-state index in [0.717, 1.165) is 0 Å². The van der Waals surface area contributed by atoms with Gasteiger partial charge in [0, 0.05) is 18.7 Å². The van der Waals surface area contributed by atoms with Gasteiger partial charge in [0.2, 0.25) is 0 Å². The summed E-state index contributed by atoms with van der Waals surface area (Å²) in [6.07, 6.45) is 0.984. The molecule has 0 spiro atoms. The molecule has 2 rings (SSSR count). The number of amides is 1. The summed E-state index contributed by atoms with van der Waals surface area (Å²) in [7, 11) is 0. The summed E-state index contributed by atoms with van der Waals surface area (Å²) < 4.78 is 5.34. The molecule has 1 amide bonds. The quantitative estimate of drug-likeness (QED) is 0.928. The number of nitrogens with zero attached hydrogens (tertiary/aromatic N) is 1. The van der Waals surface area contributed by atoms with Crippen LogP contribution < -0.4 is 4.74 Å². The van der Waals surface area contributed by atoms with E-state index >= 15 is 0 Å². The molecule has 0 bridgehead atoms. The molecule has 0 atom stereocenters. The summed E-state index contributed by atoms with van der Waals surface area (Å²) in [5.41, 5.74) is 0.497. The van der Waals surface area contributed by atoms with Gasteiger partial charge >= 0.3 is 5.97 Å². The van der Waals surface area contributed by atoms with Crippen molar-refractivity contribution < 1.29 is 19.4 Å². The van der Waals surface area contributed by atoms with Crippen LogP contribution >= 0.6 is 11.6 Å². The number of piperidine rings is 1. The maximum absolute atomic E-state index is 12.4. The standard InChI is InChI=1S/C15H18ClNO4/c1-2-21-13-4-3-11(9-12(13)16)14(18)17-7-5-10(6-8-17)15(19)20/h3-4,9-10H,2,5-8H2,1H3,(H,19,20). The molecule has 0 saturated carbocycles. The van der Waals surface area contributed by atoms with Crippen molar-refractivity contribution in [2.45, 2.75) is 19.8 Å². The van der Waals surface area contributed by atoms with Gasteiger partial charge in [-0.1, -0.05) is 11.6 Å². The molecule has 1 N–H and O–H groups in total. The molecule has 1 heterocycles. The van der Waals surface area contributed by atoms with Crippen LogP contribution in [0.4, 0.5) is 0 Å². The van der Waals surface area contributed by atoms with E-state index in [-0.39, 0.29) is 11.8 Å². The summed E-state index contributed by atoms with van der Waals surface area (Å²) >= 11 is 6.08. The van der Waals surface area contributed by atoms with Crippen molar-refractivity contribution in [1.82, 2.24) is 4.90 Å². The molecule has 0 aromatic heterocycles. The molecule has 0 aliphatic carbocycles. The molecule has 6 heteroatoms. The van der Waals surface area contributed by atoms with E-state index in [1.807, 2.05) is 6.92 Å². The molecule has 1 saturated heterocycles. The lowest BCUT2D eigenvalue weighted by atomic mass is 9.96. The molecule has 1 aliphatic heterocycles. The zero-order chi connectivity index (χ0) is 15.4. The minimum Gasteiger partial charge on any atom is -0.492 e. The maximum Gasteiger partial charge on any atom is 0.306 e. The first-order valence-corrected chi connectivity index (χ1v) is 7.35. The number of ether oxygens (including phenoxy) is 1. The predicted molar refractivity (Wildman–Crippen MR) is 78.9 cm³/mol. The number of carboxylic acid groups (broad SMARTS) is 1. The Kier molecular flexibility index (Phi) is 5.07. The fourth-order valence-corrected chi connectivity index (χ4v) is 2.65. The molecule has 21 heavy (non-hydrogen) atoms. The number of hydrogen-bond donors (Lipinski definition) is 1. The third kappa shape index (κ3) is 3.67. The average Bonchev–Trinajstić information content (AvgIpc) is 2.49. The summed E-state index contributed by atoms with van der Waals surface area (Å²) in [6, 6.07) is 4.96. The van der Waals surface area contributed by atoms with E-state index < -0.39 is 5.97 Å². The van der Waals surface area contributed by atoms with E-state index in [0.29, 0.717) is 48.9 Å². The van der Waals surface area contributed by atoms with Crippen LogP contribution in [0.15, 0.2) is 18.2 Å². The summed E-state index contributed by atoms with van der Waals surface area (Å²) in [5, 5.41) is 9.37. The second-order valence-electron chi connectivity index (χ2n) is 4.98. The molecule has 1 fully saturated rings. The van der Waals surface area contributed by atoms with Gasteiger partial charge in [-0.15, -0.1) is 0 Å². The Labute approximate surface area is 128 Å². The monoisotopic (exact) mass is 311 g/mol. The molecule has 114 valence electrons. The van der Waals surface area contributed by atoms with Crippen LogP contribution in [0, 0.1) is 5.92 Å². The fraction of sp³-hybridized carbons (Fsp3) is 0.467. The van der Waals surface area contributed by atoms with Crippen LogP contribution in [0.25, 0.3) is 0 Å². The fourth-order valence-electron chi connectivity index (χ4n) is 2.42. The number of carboxylic acids is 1. The zero-order valence-corrected chi connectivity index (χ0v) is 12.6. The first-order valence-electron chi connectivity index (χ1n) is 6.97. The topological polar surface area (TPSA) is 66.8 Å². The van der Waals surface area contributed by atoms with Crippen molar-refractivity contribution in [3.05, 3.63) is 28.8 Å². The van der Waals surface area contributed by atoms with Crippen LogP contribution in [0.5, 0.6) is 5.75 Å². The predicted octanol–water partition coefficient (Wildman–Crippen LogP) is 2.68. The number of likely N-dealkylation sites (tertiary alicyclic amines) is 1. The number of rotatable bonds is 4. The Balaban J connectivity index is 2.04. The van der Waals surface area contributed by atoms with Gasteiger partial charge < -0.3 is 14.7 Å². The second-order valence-corrected chi connectivity index (χ2v) is 5.39. The van der Waals surface area contributed by atoms with Crippen molar-refractivity contribution in [3.63, 3.8) is 0 Å². The molecule has 1 aromatic carbocycles. The molecule has 0 unspecified atom stereocenters. The van der Waals surface area contributed by atoms with Gasteiger partial charge in [-0.3, -0.25) is 9.59 Å². The minimum absolute atomic E-state index is 0.121.